The second-order valence-electron chi connectivity index (χ2n) is 8.23. The van der Waals surface area contributed by atoms with Crippen LogP contribution in [0.2, 0.25) is 0 Å². The zero-order valence-electron chi connectivity index (χ0n) is 18.7. The number of aliphatic hydroxyl groups is 1. The molecule has 1 amide bonds. The number of hydrogen-bond donors (Lipinski definition) is 3. The molecule has 2 rings (SSSR count). The minimum atomic E-state index is -0.846. The number of methoxy groups -OCH3 is 3. The van der Waals surface area contributed by atoms with Gasteiger partial charge in [-0.3, -0.25) is 4.79 Å². The minimum absolute atomic E-state index is 0.0744. The summed E-state index contributed by atoms with van der Waals surface area (Å²) in [7, 11) is 4.50. The average Bonchev–Trinajstić information content (AvgIpc) is 2.73. The van der Waals surface area contributed by atoms with Crippen molar-refractivity contribution in [3.63, 3.8) is 0 Å². The van der Waals surface area contributed by atoms with Crippen LogP contribution >= 0.6 is 0 Å². The Kier molecular flexibility index (Phi) is 8.55. The van der Waals surface area contributed by atoms with Crippen molar-refractivity contribution >= 4 is 12.0 Å². The zero-order valence-corrected chi connectivity index (χ0v) is 18.7. The maximum Gasteiger partial charge on any atom is 0.244 e. The Morgan fingerprint density at radius 2 is 1.90 bits per heavy atom. The molecule has 168 valence electrons. The quantitative estimate of drug-likeness (QED) is 0.530. The van der Waals surface area contributed by atoms with E-state index in [2.05, 4.69) is 5.32 Å². The lowest BCUT2D eigenvalue weighted by Gasteiger charge is -2.30. The molecule has 0 heterocycles. The molecule has 3 N–H and O–H groups in total. The fraction of sp³-hybridized carbons (Fsp3) is 0.609. The minimum Gasteiger partial charge on any atom is -0.507 e. The molecule has 1 aromatic carbocycles. The van der Waals surface area contributed by atoms with Gasteiger partial charge < -0.3 is 29.7 Å². The molecule has 1 aromatic rings. The van der Waals surface area contributed by atoms with Crippen LogP contribution in [0.1, 0.15) is 57.1 Å². The van der Waals surface area contributed by atoms with E-state index in [0.29, 0.717) is 22.6 Å². The summed E-state index contributed by atoms with van der Waals surface area (Å²) < 4.78 is 16.3. The van der Waals surface area contributed by atoms with Crippen LogP contribution in [-0.2, 0) is 16.0 Å². The van der Waals surface area contributed by atoms with E-state index in [0.717, 1.165) is 25.7 Å². The Hall–Kier alpha value is -2.25. The molecule has 0 saturated heterocycles. The lowest BCUT2D eigenvalue weighted by atomic mass is 9.92. The summed E-state index contributed by atoms with van der Waals surface area (Å²) in [4.78, 5) is 12.4. The van der Waals surface area contributed by atoms with Crippen molar-refractivity contribution in [1.29, 1.82) is 0 Å². The number of carbonyl (C=O) groups excluding carboxylic acids is 1. The van der Waals surface area contributed by atoms with Gasteiger partial charge in [-0.1, -0.05) is 19.3 Å². The molecular weight excluding hydrogens is 386 g/mol. The van der Waals surface area contributed by atoms with Crippen molar-refractivity contribution in [2.24, 2.45) is 0 Å². The Bertz CT molecular complexity index is 753. The van der Waals surface area contributed by atoms with Gasteiger partial charge >= 0.3 is 0 Å². The van der Waals surface area contributed by atoms with E-state index in [4.69, 9.17) is 14.2 Å². The van der Waals surface area contributed by atoms with Crippen molar-refractivity contribution in [3.05, 3.63) is 23.3 Å². The number of phenols is 1. The van der Waals surface area contributed by atoms with E-state index in [9.17, 15) is 15.0 Å². The number of nitrogens with one attached hydrogen (secondary N) is 1. The van der Waals surface area contributed by atoms with E-state index in [1.54, 1.807) is 13.8 Å². The van der Waals surface area contributed by atoms with Crippen LogP contribution in [0.15, 0.2) is 12.1 Å². The molecule has 1 atom stereocenters. The number of amides is 1. The van der Waals surface area contributed by atoms with Crippen molar-refractivity contribution in [2.45, 2.75) is 70.1 Å². The van der Waals surface area contributed by atoms with Crippen molar-refractivity contribution < 1.29 is 29.2 Å². The number of benzene rings is 1. The van der Waals surface area contributed by atoms with Crippen molar-refractivity contribution in [2.75, 3.05) is 21.3 Å². The molecule has 0 unspecified atom stereocenters. The summed E-state index contributed by atoms with van der Waals surface area (Å²) in [6.45, 7) is 3.57. The van der Waals surface area contributed by atoms with Crippen LogP contribution in [0.25, 0.3) is 6.08 Å². The van der Waals surface area contributed by atoms with Gasteiger partial charge in [0.2, 0.25) is 5.91 Å². The monoisotopic (exact) mass is 421 g/mol. The predicted octanol–water partition coefficient (Wildman–Crippen LogP) is 3.20. The Morgan fingerprint density at radius 3 is 2.47 bits per heavy atom. The van der Waals surface area contributed by atoms with Gasteiger partial charge in [0.1, 0.15) is 17.2 Å². The molecule has 0 bridgehead atoms. The standard InChI is InChI=1S/C23H35NO6/c1-23(2,30-5)20(26)13-17-19(28-3)14-18(25)16(22(17)29-4)11-12-21(27)24-15-9-7-6-8-10-15/h11-12,14-15,20,25-26H,6-10,13H2,1-5H3,(H,24,27)/b12-11+/t20-/m0/s1. The predicted molar refractivity (Wildman–Crippen MR) is 116 cm³/mol. The number of aliphatic hydroxyl groups excluding tert-OH is 1. The van der Waals surface area contributed by atoms with Crippen LogP contribution in [0.4, 0.5) is 0 Å². The first kappa shape index (κ1) is 24.0. The van der Waals surface area contributed by atoms with Crippen LogP contribution in [0.3, 0.4) is 0 Å². The van der Waals surface area contributed by atoms with Crippen LogP contribution in [-0.4, -0.2) is 55.2 Å². The number of aromatic hydroxyl groups is 1. The summed E-state index contributed by atoms with van der Waals surface area (Å²) in [5, 5.41) is 24.2. The molecule has 1 aliphatic carbocycles. The van der Waals surface area contributed by atoms with Gasteiger partial charge in [-0.2, -0.15) is 0 Å². The number of ether oxygens (including phenoxy) is 3. The molecule has 1 saturated carbocycles. The number of phenolic OH excluding ortho intramolecular Hbond substituents is 1. The Balaban J connectivity index is 2.31. The van der Waals surface area contributed by atoms with Gasteiger partial charge in [0.25, 0.3) is 0 Å². The fourth-order valence-electron chi connectivity index (χ4n) is 3.68. The topological polar surface area (TPSA) is 97.3 Å². The summed E-state index contributed by atoms with van der Waals surface area (Å²) in [6.07, 6.45) is 7.73. The lowest BCUT2D eigenvalue weighted by Crippen LogP contribution is -2.39. The summed E-state index contributed by atoms with van der Waals surface area (Å²) in [5.74, 6) is 0.453. The third kappa shape index (κ3) is 5.89. The van der Waals surface area contributed by atoms with E-state index in [1.165, 1.54) is 46.0 Å². The highest BCUT2D eigenvalue weighted by Gasteiger charge is 2.30. The normalized spacial score (nSPS) is 16.5. The fourth-order valence-corrected chi connectivity index (χ4v) is 3.68. The molecule has 0 aliphatic heterocycles. The van der Waals surface area contributed by atoms with Gasteiger partial charge in [-0.25, -0.2) is 0 Å². The van der Waals surface area contributed by atoms with Gasteiger partial charge in [0, 0.05) is 37.3 Å². The highest BCUT2D eigenvalue weighted by Crippen LogP contribution is 2.41. The van der Waals surface area contributed by atoms with Crippen LogP contribution in [0, 0.1) is 0 Å². The van der Waals surface area contributed by atoms with Gasteiger partial charge in [-0.05, 0) is 32.8 Å². The van der Waals surface area contributed by atoms with Crippen LogP contribution < -0.4 is 14.8 Å². The van der Waals surface area contributed by atoms with Crippen LogP contribution in [0.5, 0.6) is 17.2 Å². The first-order valence-corrected chi connectivity index (χ1v) is 10.4. The third-order valence-electron chi connectivity index (χ3n) is 5.86. The molecule has 1 fully saturated rings. The summed E-state index contributed by atoms with van der Waals surface area (Å²) >= 11 is 0. The first-order chi connectivity index (χ1) is 14.2. The molecule has 30 heavy (non-hydrogen) atoms. The Labute approximate surface area is 179 Å². The molecular formula is C23H35NO6. The third-order valence-corrected chi connectivity index (χ3v) is 5.86. The molecule has 7 nitrogen and oxygen atoms in total. The molecule has 0 spiro atoms. The summed E-state index contributed by atoms with van der Waals surface area (Å²) in [5.41, 5.74) is 0.154. The maximum atomic E-state index is 12.4. The average molecular weight is 422 g/mol. The lowest BCUT2D eigenvalue weighted by molar-refractivity contribution is -0.117. The zero-order chi connectivity index (χ0) is 22.3. The molecule has 0 radical (unpaired) electrons. The number of hydrogen-bond acceptors (Lipinski definition) is 6. The van der Waals surface area contributed by atoms with Crippen molar-refractivity contribution in [3.8, 4) is 17.2 Å². The van der Waals surface area contributed by atoms with E-state index < -0.39 is 11.7 Å². The van der Waals surface area contributed by atoms with Gasteiger partial charge in [0.05, 0.1) is 31.5 Å². The SMILES string of the molecule is COc1cc(O)c(/C=C/C(=O)NC2CCCCC2)c(OC)c1C[C@H](O)C(C)(C)OC. The molecule has 7 heteroatoms. The van der Waals surface area contributed by atoms with E-state index in [-0.39, 0.29) is 24.1 Å². The Morgan fingerprint density at radius 1 is 1.23 bits per heavy atom. The van der Waals surface area contributed by atoms with E-state index >= 15 is 0 Å². The second-order valence-corrected chi connectivity index (χ2v) is 8.23. The molecule has 1 aliphatic rings. The largest absolute Gasteiger partial charge is 0.507 e. The van der Waals surface area contributed by atoms with Crippen molar-refractivity contribution in [1.82, 2.24) is 5.32 Å². The highest BCUT2D eigenvalue weighted by atomic mass is 16.5. The van der Waals surface area contributed by atoms with Gasteiger partial charge in [0.15, 0.2) is 0 Å². The summed E-state index contributed by atoms with van der Waals surface area (Å²) in [6, 6.07) is 1.66. The highest BCUT2D eigenvalue weighted by molar-refractivity contribution is 5.93. The maximum absolute atomic E-state index is 12.4. The van der Waals surface area contributed by atoms with Gasteiger partial charge in [-0.15, -0.1) is 0 Å². The second kappa shape index (κ2) is 10.7. The first-order valence-electron chi connectivity index (χ1n) is 10.4. The number of carbonyl (C=O) groups is 1. The smallest absolute Gasteiger partial charge is 0.244 e. The van der Waals surface area contributed by atoms with E-state index in [1.807, 2.05) is 0 Å². The molecule has 0 aromatic heterocycles. The number of rotatable bonds is 9.